The topological polar surface area (TPSA) is 123 Å². The van der Waals surface area contributed by atoms with Crippen LogP contribution >= 0.6 is 0 Å². The Morgan fingerprint density at radius 3 is 2.75 bits per heavy atom. The number of para-hydroxylation sites is 1. The molecule has 2 fully saturated rings. The van der Waals surface area contributed by atoms with E-state index in [1.807, 2.05) is 0 Å². The van der Waals surface area contributed by atoms with Crippen molar-refractivity contribution in [3.05, 3.63) is 24.3 Å². The molecule has 1 aromatic carbocycles. The maximum absolute atomic E-state index is 13.4. The van der Waals surface area contributed by atoms with E-state index in [1.54, 1.807) is 18.2 Å². The molecular formula is C18H25NO8S. The first kappa shape index (κ1) is 21.0. The lowest BCUT2D eigenvalue weighted by atomic mass is 9.96. The number of aliphatic hydroxyl groups is 1. The van der Waals surface area contributed by atoms with E-state index in [4.69, 9.17) is 19.3 Å². The van der Waals surface area contributed by atoms with Crippen molar-refractivity contribution in [3.63, 3.8) is 0 Å². The summed E-state index contributed by atoms with van der Waals surface area (Å²) in [6.45, 7) is -0.0988. The molecule has 0 aliphatic carbocycles. The molecule has 0 saturated carbocycles. The molecule has 2 aliphatic rings. The number of benzene rings is 1. The molecule has 2 saturated heterocycles. The summed E-state index contributed by atoms with van der Waals surface area (Å²) in [6, 6.07) is 5.74. The zero-order valence-electron chi connectivity index (χ0n) is 15.6. The first-order valence-corrected chi connectivity index (χ1v) is 10.5. The number of aliphatic hydroxyl groups excluding tert-OH is 1. The molecule has 2 aliphatic heterocycles. The van der Waals surface area contributed by atoms with Gasteiger partial charge in [0.25, 0.3) is 0 Å². The lowest BCUT2D eigenvalue weighted by Crippen LogP contribution is -2.57. The number of hydrogen-bond donors (Lipinski definition) is 2. The summed E-state index contributed by atoms with van der Waals surface area (Å²) < 4.78 is 44.7. The molecule has 0 spiro atoms. The van der Waals surface area contributed by atoms with Crippen LogP contribution in [-0.2, 0) is 24.3 Å². The minimum absolute atomic E-state index is 0.0117. The Hall–Kier alpha value is -1.72. The van der Waals surface area contributed by atoms with Crippen molar-refractivity contribution >= 4 is 16.0 Å². The number of fused-ring (bicyclic) bond motifs is 1. The molecule has 156 valence electrons. The van der Waals surface area contributed by atoms with Crippen LogP contribution in [-0.4, -0.2) is 80.1 Å². The first-order valence-electron chi connectivity index (χ1n) is 9.11. The van der Waals surface area contributed by atoms with Crippen molar-refractivity contribution in [2.24, 2.45) is 0 Å². The van der Waals surface area contributed by atoms with Crippen LogP contribution in [0.1, 0.15) is 19.3 Å². The molecule has 9 nitrogen and oxygen atoms in total. The molecular weight excluding hydrogens is 390 g/mol. The van der Waals surface area contributed by atoms with Crippen molar-refractivity contribution in [3.8, 4) is 5.75 Å². The van der Waals surface area contributed by atoms with Crippen LogP contribution < -0.4 is 4.74 Å². The Bertz CT molecular complexity index is 799. The zero-order chi connectivity index (χ0) is 20.3. The number of aliphatic carboxylic acids is 1. The van der Waals surface area contributed by atoms with E-state index in [2.05, 4.69) is 0 Å². The van der Waals surface area contributed by atoms with Crippen LogP contribution in [0.2, 0.25) is 0 Å². The van der Waals surface area contributed by atoms with Gasteiger partial charge in [-0.05, 0) is 25.0 Å². The summed E-state index contributed by atoms with van der Waals surface area (Å²) in [4.78, 5) is 11.0. The van der Waals surface area contributed by atoms with Gasteiger partial charge in [0.2, 0.25) is 10.0 Å². The summed E-state index contributed by atoms with van der Waals surface area (Å²) in [5.74, 6) is -0.753. The third kappa shape index (κ3) is 4.47. The van der Waals surface area contributed by atoms with Crippen LogP contribution in [0.5, 0.6) is 5.75 Å². The average molecular weight is 415 g/mol. The highest BCUT2D eigenvalue weighted by Gasteiger charge is 2.43. The highest BCUT2D eigenvalue weighted by Crippen LogP contribution is 2.34. The number of β-amino-alcohol motifs (C(OH)–C–C–N with tert-alkyl or cyclic N) is 1. The van der Waals surface area contributed by atoms with Crippen molar-refractivity contribution in [2.45, 2.75) is 48.5 Å². The number of hydrogen-bond acceptors (Lipinski definition) is 7. The summed E-state index contributed by atoms with van der Waals surface area (Å²) in [6.07, 6.45) is -1.43. The van der Waals surface area contributed by atoms with Crippen molar-refractivity contribution in [2.75, 3.05) is 26.9 Å². The van der Waals surface area contributed by atoms with Gasteiger partial charge in [0.15, 0.2) is 0 Å². The Kier molecular flexibility index (Phi) is 6.56. The van der Waals surface area contributed by atoms with E-state index >= 15 is 0 Å². The molecule has 28 heavy (non-hydrogen) atoms. The molecule has 0 amide bonds. The predicted octanol–water partition coefficient (Wildman–Crippen LogP) is 0.468. The summed E-state index contributed by atoms with van der Waals surface area (Å²) in [5, 5.41) is 19.2. The molecule has 10 heteroatoms. The molecule has 0 unspecified atom stereocenters. The number of carboxylic acid groups (broad SMARTS) is 1. The second kappa shape index (κ2) is 8.75. The van der Waals surface area contributed by atoms with Crippen LogP contribution in [0.3, 0.4) is 0 Å². The highest BCUT2D eigenvalue weighted by molar-refractivity contribution is 7.89. The van der Waals surface area contributed by atoms with Crippen LogP contribution in [0.15, 0.2) is 29.2 Å². The van der Waals surface area contributed by atoms with Crippen LogP contribution in [0.25, 0.3) is 0 Å². The van der Waals surface area contributed by atoms with Gasteiger partial charge in [-0.1, -0.05) is 12.1 Å². The summed E-state index contributed by atoms with van der Waals surface area (Å²) in [7, 11) is -2.60. The lowest BCUT2D eigenvalue weighted by Gasteiger charge is -2.43. The third-order valence-corrected chi connectivity index (χ3v) is 6.92. The number of methoxy groups -OCH3 is 1. The average Bonchev–Trinajstić information content (AvgIpc) is 2.64. The maximum Gasteiger partial charge on any atom is 0.305 e. The van der Waals surface area contributed by atoms with Gasteiger partial charge >= 0.3 is 5.97 Å². The number of ether oxygens (including phenoxy) is 3. The van der Waals surface area contributed by atoms with Gasteiger partial charge in [0, 0.05) is 6.54 Å². The normalized spacial score (nSPS) is 29.4. The van der Waals surface area contributed by atoms with Crippen LogP contribution in [0.4, 0.5) is 0 Å². The fraction of sp³-hybridized carbons (Fsp3) is 0.611. The summed E-state index contributed by atoms with van der Waals surface area (Å²) in [5.41, 5.74) is 0. The molecule has 0 bridgehead atoms. The molecule has 0 aromatic heterocycles. The largest absolute Gasteiger partial charge is 0.495 e. The smallest absolute Gasteiger partial charge is 0.305 e. The second-order valence-corrected chi connectivity index (χ2v) is 8.81. The molecule has 2 N–H and O–H groups in total. The van der Waals surface area contributed by atoms with Gasteiger partial charge in [-0.15, -0.1) is 0 Å². The van der Waals surface area contributed by atoms with Gasteiger partial charge in [0.1, 0.15) is 10.6 Å². The molecule has 4 atom stereocenters. The van der Waals surface area contributed by atoms with Crippen molar-refractivity contribution in [1.82, 2.24) is 4.31 Å². The predicted molar refractivity (Wildman–Crippen MR) is 97.6 cm³/mol. The van der Waals surface area contributed by atoms with Crippen LogP contribution in [0, 0.1) is 0 Å². The van der Waals surface area contributed by atoms with Gasteiger partial charge in [-0.3, -0.25) is 4.79 Å². The molecule has 3 rings (SSSR count). The number of carbonyl (C=O) groups is 1. The van der Waals surface area contributed by atoms with E-state index in [1.165, 1.54) is 17.5 Å². The summed E-state index contributed by atoms with van der Waals surface area (Å²) >= 11 is 0. The fourth-order valence-corrected chi connectivity index (χ4v) is 5.60. The van der Waals surface area contributed by atoms with E-state index in [-0.39, 0.29) is 36.8 Å². The maximum atomic E-state index is 13.4. The minimum Gasteiger partial charge on any atom is -0.495 e. The Morgan fingerprint density at radius 2 is 2.04 bits per heavy atom. The van der Waals surface area contributed by atoms with Gasteiger partial charge in [-0.25, -0.2) is 8.42 Å². The number of nitrogens with zero attached hydrogens (tertiary/aromatic N) is 1. The molecule has 0 radical (unpaired) electrons. The SMILES string of the molecule is COc1ccccc1S(=O)(=O)N1C[C@@H](O)COC[C@H]2O[C@H](CC(=O)O)CC[C@@H]21. The van der Waals surface area contributed by atoms with Gasteiger partial charge < -0.3 is 24.4 Å². The van der Waals surface area contributed by atoms with Crippen molar-refractivity contribution < 1.29 is 37.6 Å². The number of rotatable bonds is 5. The zero-order valence-corrected chi connectivity index (χ0v) is 16.4. The Balaban J connectivity index is 1.93. The van der Waals surface area contributed by atoms with Crippen molar-refractivity contribution in [1.29, 1.82) is 0 Å². The van der Waals surface area contributed by atoms with E-state index in [9.17, 15) is 18.3 Å². The second-order valence-electron chi connectivity index (χ2n) is 6.96. The van der Waals surface area contributed by atoms with Gasteiger partial charge in [0.05, 0.1) is 51.1 Å². The Morgan fingerprint density at radius 1 is 1.29 bits per heavy atom. The number of sulfonamides is 1. The van der Waals surface area contributed by atoms with Gasteiger partial charge in [-0.2, -0.15) is 4.31 Å². The standard InChI is InChI=1S/C18H25NO8S/c1-25-15-4-2-3-5-17(15)28(23,24)19-9-12(20)10-26-11-16-14(19)7-6-13(27-16)8-18(21)22/h2-5,12-14,16,20H,6-11H2,1H3,(H,21,22)/t12-,13+,14+,16-/m1/s1. The van der Waals surface area contributed by atoms with E-state index in [0.29, 0.717) is 12.8 Å². The van der Waals surface area contributed by atoms with E-state index < -0.39 is 40.3 Å². The fourth-order valence-electron chi connectivity index (χ4n) is 3.72. The quantitative estimate of drug-likeness (QED) is 0.712. The minimum atomic E-state index is -3.99. The highest BCUT2D eigenvalue weighted by atomic mass is 32.2. The number of carboxylic acids is 1. The molecule has 1 aromatic rings. The molecule has 2 heterocycles. The first-order chi connectivity index (χ1) is 13.3. The monoisotopic (exact) mass is 415 g/mol. The Labute approximate surface area is 163 Å². The lowest BCUT2D eigenvalue weighted by molar-refractivity contribution is -0.155. The third-order valence-electron chi connectivity index (χ3n) is 4.99. The van der Waals surface area contributed by atoms with E-state index in [0.717, 1.165) is 0 Å².